The highest BCUT2D eigenvalue weighted by atomic mass is 19.1. The van der Waals surface area contributed by atoms with Gasteiger partial charge in [-0.2, -0.15) is 0 Å². The van der Waals surface area contributed by atoms with Crippen LogP contribution in [0, 0.1) is 5.82 Å². The highest BCUT2D eigenvalue weighted by molar-refractivity contribution is 5.98. The molecule has 1 amide bonds. The third kappa shape index (κ3) is 5.08. The number of carbonyl (C=O) groups excluding carboxylic acids is 1. The fourth-order valence-electron chi connectivity index (χ4n) is 4.23. The van der Waals surface area contributed by atoms with Crippen molar-refractivity contribution in [3.05, 3.63) is 35.8 Å². The molecule has 0 aromatic carbocycles. The molecule has 10 heteroatoms. The largest absolute Gasteiger partial charge is 0.365 e. The molecule has 2 aromatic heterocycles. The Balaban J connectivity index is 1.58. The predicted octanol–water partition coefficient (Wildman–Crippen LogP) is 1.89. The molecule has 2 atom stereocenters. The summed E-state index contributed by atoms with van der Waals surface area (Å²) in [6.07, 6.45) is 5.53. The zero-order valence-corrected chi connectivity index (χ0v) is 18.4. The van der Waals surface area contributed by atoms with E-state index in [2.05, 4.69) is 37.4 Å². The number of anilines is 4. The lowest BCUT2D eigenvalue weighted by molar-refractivity contribution is 0.100. The number of piperazine rings is 1. The first-order valence-electron chi connectivity index (χ1n) is 11.1. The van der Waals surface area contributed by atoms with E-state index < -0.39 is 11.7 Å². The van der Waals surface area contributed by atoms with Crippen LogP contribution in [-0.2, 0) is 0 Å². The lowest BCUT2D eigenvalue weighted by atomic mass is 9.91. The van der Waals surface area contributed by atoms with Crippen LogP contribution in [0.4, 0.5) is 27.5 Å². The van der Waals surface area contributed by atoms with Gasteiger partial charge in [0.15, 0.2) is 11.6 Å². The van der Waals surface area contributed by atoms with Gasteiger partial charge in [0.25, 0.3) is 5.91 Å². The number of hydrogen-bond acceptors (Lipinski definition) is 8. The van der Waals surface area contributed by atoms with Gasteiger partial charge in [-0.3, -0.25) is 4.79 Å². The molecule has 2 fully saturated rings. The van der Waals surface area contributed by atoms with Crippen molar-refractivity contribution in [3.63, 3.8) is 0 Å². The maximum Gasteiger partial charge on any atom is 0.252 e. The van der Waals surface area contributed by atoms with Gasteiger partial charge in [-0.1, -0.05) is 12.8 Å². The molecule has 0 bridgehead atoms. The molecule has 2 unspecified atom stereocenters. The number of halogens is 1. The number of nitrogens with zero attached hydrogens (tertiary/aromatic N) is 4. The van der Waals surface area contributed by atoms with Crippen molar-refractivity contribution in [2.75, 3.05) is 48.8 Å². The number of nitrogens with one attached hydrogen (secondary N) is 2. The van der Waals surface area contributed by atoms with E-state index in [9.17, 15) is 9.18 Å². The molecule has 32 heavy (non-hydrogen) atoms. The topological polar surface area (TPSA) is 125 Å². The summed E-state index contributed by atoms with van der Waals surface area (Å²) >= 11 is 0. The van der Waals surface area contributed by atoms with Crippen LogP contribution in [0.25, 0.3) is 0 Å². The summed E-state index contributed by atoms with van der Waals surface area (Å²) in [6.45, 7) is 3.68. The highest BCUT2D eigenvalue weighted by Crippen LogP contribution is 2.27. The third-order valence-corrected chi connectivity index (χ3v) is 6.22. The van der Waals surface area contributed by atoms with Crippen molar-refractivity contribution in [2.45, 2.75) is 37.8 Å². The summed E-state index contributed by atoms with van der Waals surface area (Å²) in [5.41, 5.74) is 12.4. The standard InChI is InChI=1S/C22H31FN8O/c1-30-8-10-31(11-9-30)19-12-14(6-7-26-19)27-21-15(20(25)32)13-16(23)22(29-21)28-18-5-3-2-4-17(18)24/h6-7,12-13,17-18H,2-5,8-11,24H2,1H3,(H2,25,32)(H2,26,27,28,29). The number of nitrogens with two attached hydrogens (primary N) is 2. The summed E-state index contributed by atoms with van der Waals surface area (Å²) in [5, 5.41) is 6.26. The maximum absolute atomic E-state index is 14.7. The number of hydrogen-bond donors (Lipinski definition) is 4. The zero-order valence-electron chi connectivity index (χ0n) is 18.4. The van der Waals surface area contributed by atoms with E-state index in [1.807, 2.05) is 6.07 Å². The number of primary amides is 1. The van der Waals surface area contributed by atoms with Gasteiger partial charge in [0.1, 0.15) is 11.6 Å². The van der Waals surface area contributed by atoms with Crippen LogP contribution >= 0.6 is 0 Å². The Labute approximate surface area is 187 Å². The molecule has 1 aliphatic carbocycles. The molecule has 1 saturated heterocycles. The van der Waals surface area contributed by atoms with Gasteiger partial charge >= 0.3 is 0 Å². The molecule has 1 saturated carbocycles. The van der Waals surface area contributed by atoms with Crippen LogP contribution in [0.1, 0.15) is 36.0 Å². The van der Waals surface area contributed by atoms with Crippen molar-refractivity contribution < 1.29 is 9.18 Å². The molecule has 2 aromatic rings. The normalized spacial score (nSPS) is 21.9. The molecule has 2 aliphatic rings. The van der Waals surface area contributed by atoms with Crippen molar-refractivity contribution in [1.82, 2.24) is 14.9 Å². The zero-order chi connectivity index (χ0) is 22.7. The minimum absolute atomic E-state index is 0.0149. The molecule has 6 N–H and O–H groups in total. The molecule has 0 spiro atoms. The van der Waals surface area contributed by atoms with Gasteiger partial charge in [0.2, 0.25) is 0 Å². The van der Waals surface area contributed by atoms with Crippen molar-refractivity contribution in [3.8, 4) is 0 Å². The summed E-state index contributed by atoms with van der Waals surface area (Å²) < 4.78 is 14.7. The van der Waals surface area contributed by atoms with Gasteiger partial charge in [0.05, 0.1) is 5.56 Å². The number of likely N-dealkylation sites (N-methyl/N-ethyl adjacent to an activating group) is 1. The Morgan fingerprint density at radius 3 is 2.62 bits per heavy atom. The smallest absolute Gasteiger partial charge is 0.252 e. The molecule has 1 aliphatic heterocycles. The average molecular weight is 443 g/mol. The van der Waals surface area contributed by atoms with Crippen LogP contribution in [0.2, 0.25) is 0 Å². The van der Waals surface area contributed by atoms with E-state index in [1.165, 1.54) is 0 Å². The van der Waals surface area contributed by atoms with E-state index in [1.54, 1.807) is 12.3 Å². The quantitative estimate of drug-likeness (QED) is 0.534. The maximum atomic E-state index is 14.7. The molecule has 4 rings (SSSR count). The summed E-state index contributed by atoms with van der Waals surface area (Å²) in [5.74, 6) is -0.296. The Morgan fingerprint density at radius 1 is 1.16 bits per heavy atom. The molecule has 3 heterocycles. The van der Waals surface area contributed by atoms with E-state index in [0.717, 1.165) is 63.7 Å². The van der Waals surface area contributed by atoms with E-state index in [0.29, 0.717) is 5.69 Å². The van der Waals surface area contributed by atoms with Gasteiger partial charge in [-0.05, 0) is 32.0 Å². The van der Waals surface area contributed by atoms with Gasteiger partial charge in [-0.15, -0.1) is 0 Å². The van der Waals surface area contributed by atoms with E-state index in [4.69, 9.17) is 11.5 Å². The number of aromatic nitrogens is 2. The lowest BCUT2D eigenvalue weighted by Gasteiger charge is -2.33. The first-order chi connectivity index (χ1) is 15.4. The van der Waals surface area contributed by atoms with E-state index in [-0.39, 0.29) is 29.3 Å². The minimum atomic E-state index is -0.756. The molecule has 0 radical (unpaired) electrons. The van der Waals surface area contributed by atoms with Crippen molar-refractivity contribution in [1.29, 1.82) is 0 Å². The fourth-order valence-corrected chi connectivity index (χ4v) is 4.23. The number of rotatable bonds is 6. The first kappa shape index (κ1) is 22.2. The number of carbonyl (C=O) groups is 1. The first-order valence-corrected chi connectivity index (χ1v) is 11.1. The van der Waals surface area contributed by atoms with Crippen LogP contribution in [0.3, 0.4) is 0 Å². The second kappa shape index (κ2) is 9.66. The minimum Gasteiger partial charge on any atom is -0.365 e. The van der Waals surface area contributed by atoms with Crippen LogP contribution < -0.4 is 27.0 Å². The summed E-state index contributed by atoms with van der Waals surface area (Å²) in [4.78, 5) is 25.3. The highest BCUT2D eigenvalue weighted by Gasteiger charge is 2.24. The fraction of sp³-hybridized carbons (Fsp3) is 0.500. The van der Waals surface area contributed by atoms with Crippen LogP contribution in [0.15, 0.2) is 24.4 Å². The Hall–Kier alpha value is -2.98. The van der Waals surface area contributed by atoms with Gasteiger partial charge in [-0.25, -0.2) is 14.4 Å². The second-order valence-corrected chi connectivity index (χ2v) is 8.60. The third-order valence-electron chi connectivity index (χ3n) is 6.22. The van der Waals surface area contributed by atoms with E-state index >= 15 is 0 Å². The monoisotopic (exact) mass is 442 g/mol. The average Bonchev–Trinajstić information content (AvgIpc) is 2.78. The Bertz CT molecular complexity index is 963. The molecule has 9 nitrogen and oxygen atoms in total. The van der Waals surface area contributed by atoms with Crippen LogP contribution in [-0.4, -0.2) is 66.1 Å². The second-order valence-electron chi connectivity index (χ2n) is 8.60. The summed E-state index contributed by atoms with van der Waals surface area (Å²) in [6, 6.07) is 4.66. The Morgan fingerprint density at radius 2 is 1.91 bits per heavy atom. The molecular formula is C22H31FN8O. The van der Waals surface area contributed by atoms with Crippen molar-refractivity contribution >= 4 is 29.0 Å². The Kier molecular flexibility index (Phi) is 6.71. The van der Waals surface area contributed by atoms with Gasteiger partial charge < -0.3 is 31.9 Å². The number of pyridine rings is 2. The van der Waals surface area contributed by atoms with Gasteiger partial charge in [0, 0.05) is 56.2 Å². The van der Waals surface area contributed by atoms with Crippen molar-refractivity contribution in [2.24, 2.45) is 11.5 Å². The summed E-state index contributed by atoms with van der Waals surface area (Å²) in [7, 11) is 2.10. The molecule has 172 valence electrons. The lowest BCUT2D eigenvalue weighted by Crippen LogP contribution is -2.44. The number of amides is 1. The SMILES string of the molecule is CN1CCN(c2cc(Nc3nc(NC4CCCCC4N)c(F)cc3C(N)=O)ccn2)CC1. The molecular weight excluding hydrogens is 411 g/mol. The predicted molar refractivity (Wildman–Crippen MR) is 124 cm³/mol. The van der Waals surface area contributed by atoms with Crippen LogP contribution in [0.5, 0.6) is 0 Å².